The van der Waals surface area contributed by atoms with Crippen LogP contribution in [0.15, 0.2) is 70.3 Å². The molecule has 5 rings (SSSR count). The minimum absolute atomic E-state index is 0.00379. The molecular formula is C27H26N2O6S2. The molecule has 0 heterocycles. The molecule has 0 aliphatic heterocycles. The summed E-state index contributed by atoms with van der Waals surface area (Å²) in [5.74, 6) is -5.33. The Labute approximate surface area is 223 Å². The Hall–Kier alpha value is -3.21. The highest BCUT2D eigenvalue weighted by atomic mass is 32.2. The molecule has 5 atom stereocenters. The first-order valence-electron chi connectivity index (χ1n) is 11.7. The van der Waals surface area contributed by atoms with Crippen molar-refractivity contribution in [1.82, 2.24) is 4.90 Å². The van der Waals surface area contributed by atoms with Crippen LogP contribution in [0.1, 0.15) is 22.8 Å². The van der Waals surface area contributed by atoms with Crippen molar-refractivity contribution >= 4 is 47.6 Å². The number of carbonyl (C=O) groups is 3. The van der Waals surface area contributed by atoms with Crippen molar-refractivity contribution in [2.24, 2.45) is 17.6 Å². The van der Waals surface area contributed by atoms with Crippen molar-refractivity contribution in [3.63, 3.8) is 0 Å². The first kappa shape index (κ1) is 25.4. The highest BCUT2D eigenvalue weighted by molar-refractivity contribution is 7.99. The minimum Gasteiger partial charge on any atom is -0.509 e. The number of aromatic hydroxyl groups is 1. The Morgan fingerprint density at radius 1 is 1.08 bits per heavy atom. The van der Waals surface area contributed by atoms with E-state index < -0.39 is 62.4 Å². The lowest BCUT2D eigenvalue weighted by molar-refractivity contribution is -0.130. The molecule has 1 fully saturated rings. The number of phenols is 1. The molecule has 5 N–H and O–H groups in total. The summed E-state index contributed by atoms with van der Waals surface area (Å²) in [5.41, 5.74) is 5.58. The van der Waals surface area contributed by atoms with Crippen molar-refractivity contribution < 1.29 is 29.7 Å². The number of hydrogen-bond acceptors (Lipinski definition) is 9. The van der Waals surface area contributed by atoms with Crippen molar-refractivity contribution in [1.29, 1.82) is 0 Å². The lowest BCUT2D eigenvalue weighted by atomic mass is 9.59. The molecule has 1 amide bonds. The van der Waals surface area contributed by atoms with E-state index in [1.54, 1.807) is 31.1 Å². The molecule has 1 unspecified atom stereocenters. The number of rotatable bonds is 4. The van der Waals surface area contributed by atoms with Crippen LogP contribution in [0.3, 0.4) is 0 Å². The molecule has 8 nitrogen and oxygen atoms in total. The van der Waals surface area contributed by atoms with Crippen LogP contribution in [0.2, 0.25) is 0 Å². The number of nitrogens with zero attached hydrogens (tertiary/aromatic N) is 1. The Bertz CT molecular complexity index is 1400. The third-order valence-electron chi connectivity index (χ3n) is 7.55. The first-order valence-corrected chi connectivity index (χ1v) is 13.0. The second-order valence-corrected chi connectivity index (χ2v) is 11.7. The van der Waals surface area contributed by atoms with E-state index in [-0.39, 0.29) is 23.3 Å². The summed E-state index contributed by atoms with van der Waals surface area (Å²) < 4.78 is -1.98. The van der Waals surface area contributed by atoms with Gasteiger partial charge in [-0.2, -0.15) is 12.6 Å². The highest BCUT2D eigenvalue weighted by Gasteiger charge is 2.64. The predicted octanol–water partition coefficient (Wildman–Crippen LogP) is 3.19. The number of primary amides is 1. The van der Waals surface area contributed by atoms with Crippen LogP contribution < -0.4 is 5.73 Å². The van der Waals surface area contributed by atoms with Crippen molar-refractivity contribution in [3.05, 3.63) is 76.6 Å². The van der Waals surface area contributed by atoms with Crippen molar-refractivity contribution in [2.75, 3.05) is 14.1 Å². The zero-order valence-corrected chi connectivity index (χ0v) is 21.8. The van der Waals surface area contributed by atoms with Crippen LogP contribution in [0.5, 0.6) is 5.75 Å². The number of allylic oxidation sites excluding steroid dienone is 1. The van der Waals surface area contributed by atoms with Crippen LogP contribution >= 0.6 is 24.4 Å². The van der Waals surface area contributed by atoms with E-state index in [4.69, 9.17) is 5.73 Å². The van der Waals surface area contributed by atoms with Crippen LogP contribution in [-0.2, 0) is 14.4 Å². The zero-order valence-electron chi connectivity index (χ0n) is 20.1. The Balaban J connectivity index is 1.76. The quantitative estimate of drug-likeness (QED) is 0.295. The average molecular weight is 539 g/mol. The Kier molecular flexibility index (Phi) is 6.17. The standard InChI is InChI=1S/C27H26N2O6S2/c1-29(2)20-15-11-14-18(24(33)27(15,36)25(34)19(22(20)32)26(28)35)21(31)17-13(9-6-10-16(17)30)23(14)37-12-7-4-3-5-8-12/h3-10,14-15,20,23,30-31,34,36H,11H2,1-2H3,(H2,28,35)/t14-,15-,20-,23-,27?/m0/s1. The van der Waals surface area contributed by atoms with Crippen LogP contribution in [0.25, 0.3) is 5.76 Å². The van der Waals surface area contributed by atoms with Gasteiger partial charge in [0.2, 0.25) is 0 Å². The molecule has 0 radical (unpaired) electrons. The average Bonchev–Trinajstić information content (AvgIpc) is 2.84. The molecular weight excluding hydrogens is 512 g/mol. The van der Waals surface area contributed by atoms with Crippen LogP contribution in [0, 0.1) is 11.8 Å². The molecule has 37 heavy (non-hydrogen) atoms. The topological polar surface area (TPSA) is 141 Å². The SMILES string of the molecule is CN(C)[C@@H]1C(=O)C(C(N)=O)=C(O)C2(S)C(=O)C3=C(O)c4c(O)cccc4[C@H](Sc4ccccc4)[C@H]3C[C@@H]12. The van der Waals surface area contributed by atoms with Gasteiger partial charge in [-0.25, -0.2) is 0 Å². The predicted molar refractivity (Wildman–Crippen MR) is 142 cm³/mol. The number of nitrogens with two attached hydrogens (primary N) is 1. The van der Waals surface area contributed by atoms with Crippen molar-refractivity contribution in [3.8, 4) is 5.75 Å². The molecule has 2 aromatic carbocycles. The highest BCUT2D eigenvalue weighted by Crippen LogP contribution is 2.60. The number of ketones is 2. The molecule has 0 saturated heterocycles. The second-order valence-electron chi connectivity index (χ2n) is 9.76. The van der Waals surface area contributed by atoms with E-state index in [1.165, 1.54) is 17.8 Å². The lowest BCUT2D eigenvalue weighted by Crippen LogP contribution is -2.63. The van der Waals surface area contributed by atoms with E-state index >= 15 is 0 Å². The molecule has 1 saturated carbocycles. The summed E-state index contributed by atoms with van der Waals surface area (Å²) in [6, 6.07) is 13.5. The van der Waals surface area contributed by atoms with Gasteiger partial charge in [-0.05, 0) is 44.3 Å². The summed E-state index contributed by atoms with van der Waals surface area (Å²) in [6.07, 6.45) is 0.193. The van der Waals surface area contributed by atoms with Crippen LogP contribution in [0.4, 0.5) is 0 Å². The number of thiol groups is 1. The summed E-state index contributed by atoms with van der Waals surface area (Å²) in [5, 5.41) is 32.8. The van der Waals surface area contributed by atoms with E-state index in [2.05, 4.69) is 12.6 Å². The van der Waals surface area contributed by atoms with Gasteiger partial charge in [-0.3, -0.25) is 19.3 Å². The van der Waals surface area contributed by atoms with Gasteiger partial charge in [0.1, 0.15) is 27.6 Å². The third-order valence-corrected chi connectivity index (χ3v) is 9.67. The number of phenolic OH excluding ortho intramolecular Hbond substituents is 1. The largest absolute Gasteiger partial charge is 0.509 e. The third kappa shape index (κ3) is 3.61. The number of aliphatic hydroxyl groups is 2. The maximum Gasteiger partial charge on any atom is 0.255 e. The summed E-state index contributed by atoms with van der Waals surface area (Å²) >= 11 is 6.12. The molecule has 3 aliphatic rings. The number of likely N-dealkylation sites (N-methyl/N-ethyl adjacent to an activating group) is 1. The molecule has 3 aliphatic carbocycles. The van der Waals surface area contributed by atoms with Gasteiger partial charge in [0.05, 0.1) is 11.6 Å². The molecule has 10 heteroatoms. The first-order chi connectivity index (χ1) is 17.5. The smallest absolute Gasteiger partial charge is 0.255 e. The maximum atomic E-state index is 14.2. The normalized spacial score (nSPS) is 29.2. The van der Waals surface area contributed by atoms with Gasteiger partial charge in [0.25, 0.3) is 5.91 Å². The fourth-order valence-electron chi connectivity index (χ4n) is 5.97. The number of Topliss-reactive ketones (excluding diaryl/α,β-unsaturated/α-hetero) is 2. The van der Waals surface area contributed by atoms with E-state index in [1.807, 2.05) is 30.3 Å². The summed E-state index contributed by atoms with van der Waals surface area (Å²) in [6.45, 7) is 0. The number of carbonyl (C=O) groups excluding carboxylic acids is 3. The van der Waals surface area contributed by atoms with Gasteiger partial charge < -0.3 is 21.1 Å². The monoisotopic (exact) mass is 538 g/mol. The zero-order chi connectivity index (χ0) is 26.8. The fourth-order valence-corrected chi connectivity index (χ4v) is 7.79. The minimum atomic E-state index is -1.98. The lowest BCUT2D eigenvalue weighted by Gasteiger charge is -2.52. The van der Waals surface area contributed by atoms with Gasteiger partial charge in [0.15, 0.2) is 11.6 Å². The Morgan fingerprint density at radius 2 is 1.76 bits per heavy atom. The number of thioether (sulfide) groups is 1. The van der Waals surface area contributed by atoms with Gasteiger partial charge in [-0.1, -0.05) is 30.3 Å². The van der Waals surface area contributed by atoms with Gasteiger partial charge in [-0.15, -0.1) is 11.8 Å². The molecule has 192 valence electrons. The van der Waals surface area contributed by atoms with Gasteiger partial charge >= 0.3 is 0 Å². The summed E-state index contributed by atoms with van der Waals surface area (Å²) in [4.78, 5) is 42.3. The molecule has 0 bridgehead atoms. The van der Waals surface area contributed by atoms with E-state index in [0.717, 1.165) is 4.90 Å². The number of benzene rings is 2. The number of amides is 1. The van der Waals surface area contributed by atoms with Crippen LogP contribution in [-0.4, -0.2) is 62.6 Å². The second kappa shape index (κ2) is 8.97. The molecule has 0 aromatic heterocycles. The summed E-state index contributed by atoms with van der Waals surface area (Å²) in [7, 11) is 3.30. The Morgan fingerprint density at radius 3 is 2.38 bits per heavy atom. The maximum absolute atomic E-state index is 14.2. The van der Waals surface area contributed by atoms with E-state index in [0.29, 0.717) is 5.56 Å². The molecule has 0 spiro atoms. The van der Waals surface area contributed by atoms with Gasteiger partial charge in [0, 0.05) is 27.6 Å². The number of fused-ring (bicyclic) bond motifs is 3. The van der Waals surface area contributed by atoms with Crippen molar-refractivity contribution in [2.45, 2.75) is 27.4 Å². The fraction of sp³-hybridized carbons (Fsp3) is 0.296. The number of hydrogen-bond donors (Lipinski definition) is 5. The number of aliphatic hydroxyl groups excluding tert-OH is 2. The van der Waals surface area contributed by atoms with E-state index in [9.17, 15) is 29.7 Å². The molecule has 2 aromatic rings.